The van der Waals surface area contributed by atoms with Crippen LogP contribution in [0, 0.1) is 6.92 Å². The van der Waals surface area contributed by atoms with Gasteiger partial charge in [0.05, 0.1) is 5.52 Å². The Morgan fingerprint density at radius 1 is 1.25 bits per heavy atom. The second-order valence-corrected chi connectivity index (χ2v) is 3.75. The van der Waals surface area contributed by atoms with Crippen LogP contribution < -0.4 is 0 Å². The van der Waals surface area contributed by atoms with Crippen LogP contribution in [0.15, 0.2) is 24.5 Å². The summed E-state index contributed by atoms with van der Waals surface area (Å²) in [6.45, 7) is 2.04. The van der Waals surface area contributed by atoms with E-state index in [0.29, 0.717) is 0 Å². The Morgan fingerprint density at radius 3 is 2.81 bits per heavy atom. The highest BCUT2D eigenvalue weighted by Crippen LogP contribution is 2.20. The highest BCUT2D eigenvalue weighted by atomic mass is 15.3. The summed E-state index contributed by atoms with van der Waals surface area (Å²) >= 11 is 0. The second-order valence-electron chi connectivity index (χ2n) is 3.75. The molecule has 0 aromatic carbocycles. The first-order chi connectivity index (χ1) is 7.75. The van der Waals surface area contributed by atoms with Gasteiger partial charge in [0.2, 0.25) is 0 Å². The van der Waals surface area contributed by atoms with Gasteiger partial charge in [-0.05, 0) is 24.6 Å². The van der Waals surface area contributed by atoms with Crippen LogP contribution in [0.5, 0.6) is 0 Å². The van der Waals surface area contributed by atoms with Crippen molar-refractivity contribution in [3.63, 3.8) is 0 Å². The van der Waals surface area contributed by atoms with E-state index in [4.69, 9.17) is 0 Å². The van der Waals surface area contributed by atoms with E-state index in [2.05, 4.69) is 20.1 Å². The SMILES string of the molecule is Cc1ccnc2nc(-c3ccnn3C)[nH]c12. The molecule has 0 unspecified atom stereocenters. The summed E-state index contributed by atoms with van der Waals surface area (Å²) in [5, 5.41) is 4.12. The summed E-state index contributed by atoms with van der Waals surface area (Å²) in [6.07, 6.45) is 3.52. The Hall–Kier alpha value is -2.17. The van der Waals surface area contributed by atoms with E-state index in [9.17, 15) is 0 Å². The lowest BCUT2D eigenvalue weighted by molar-refractivity contribution is 0.771. The van der Waals surface area contributed by atoms with Crippen LogP contribution >= 0.6 is 0 Å². The topological polar surface area (TPSA) is 59.4 Å². The van der Waals surface area contributed by atoms with E-state index in [0.717, 1.165) is 28.2 Å². The highest BCUT2D eigenvalue weighted by Gasteiger charge is 2.09. The summed E-state index contributed by atoms with van der Waals surface area (Å²) in [6, 6.07) is 3.89. The number of aromatic nitrogens is 5. The monoisotopic (exact) mass is 213 g/mol. The third-order valence-electron chi connectivity index (χ3n) is 2.66. The first kappa shape index (κ1) is 9.08. The number of nitrogens with zero attached hydrogens (tertiary/aromatic N) is 4. The van der Waals surface area contributed by atoms with Crippen molar-refractivity contribution in [3.8, 4) is 11.5 Å². The van der Waals surface area contributed by atoms with Crippen molar-refractivity contribution in [1.29, 1.82) is 0 Å². The van der Waals surface area contributed by atoms with Crippen LogP contribution in [-0.4, -0.2) is 24.7 Å². The predicted octanol–water partition coefficient (Wildman–Crippen LogP) is 1.67. The van der Waals surface area contributed by atoms with Gasteiger partial charge in [0.25, 0.3) is 0 Å². The highest BCUT2D eigenvalue weighted by molar-refractivity contribution is 5.77. The number of nitrogens with one attached hydrogen (secondary N) is 1. The quantitative estimate of drug-likeness (QED) is 0.668. The molecule has 3 aromatic heterocycles. The van der Waals surface area contributed by atoms with Crippen LogP contribution in [-0.2, 0) is 7.05 Å². The van der Waals surface area contributed by atoms with Gasteiger partial charge in [0.15, 0.2) is 11.5 Å². The third-order valence-corrected chi connectivity index (χ3v) is 2.66. The van der Waals surface area contributed by atoms with Crippen LogP contribution in [0.1, 0.15) is 5.56 Å². The summed E-state index contributed by atoms with van der Waals surface area (Å²) in [5.74, 6) is 0.803. The molecule has 0 aliphatic rings. The molecule has 16 heavy (non-hydrogen) atoms. The molecule has 1 N–H and O–H groups in total. The van der Waals surface area contributed by atoms with Gasteiger partial charge < -0.3 is 4.98 Å². The van der Waals surface area contributed by atoms with Crippen molar-refractivity contribution in [2.75, 3.05) is 0 Å². The van der Waals surface area contributed by atoms with Crippen molar-refractivity contribution in [2.24, 2.45) is 7.05 Å². The number of rotatable bonds is 1. The summed E-state index contributed by atoms with van der Waals surface area (Å²) in [4.78, 5) is 12.0. The molecule has 0 saturated carbocycles. The fourth-order valence-corrected chi connectivity index (χ4v) is 1.76. The molecule has 5 nitrogen and oxygen atoms in total. The minimum atomic E-state index is 0.746. The molecule has 5 heteroatoms. The smallest absolute Gasteiger partial charge is 0.178 e. The predicted molar refractivity (Wildman–Crippen MR) is 60.8 cm³/mol. The molecule has 0 saturated heterocycles. The van der Waals surface area contributed by atoms with Gasteiger partial charge >= 0.3 is 0 Å². The molecule has 0 radical (unpaired) electrons. The van der Waals surface area contributed by atoms with Crippen molar-refractivity contribution in [1.82, 2.24) is 24.7 Å². The molecular weight excluding hydrogens is 202 g/mol. The molecule has 3 aromatic rings. The molecule has 0 aliphatic carbocycles. The van der Waals surface area contributed by atoms with E-state index in [1.807, 2.05) is 26.1 Å². The maximum Gasteiger partial charge on any atom is 0.178 e. The van der Waals surface area contributed by atoms with Crippen LogP contribution in [0.25, 0.3) is 22.7 Å². The maximum absolute atomic E-state index is 4.45. The zero-order valence-electron chi connectivity index (χ0n) is 9.10. The van der Waals surface area contributed by atoms with Crippen LogP contribution in [0.3, 0.4) is 0 Å². The van der Waals surface area contributed by atoms with E-state index in [1.54, 1.807) is 17.1 Å². The fourth-order valence-electron chi connectivity index (χ4n) is 1.76. The third kappa shape index (κ3) is 1.21. The normalized spacial score (nSPS) is 11.1. The van der Waals surface area contributed by atoms with Gasteiger partial charge in [0, 0.05) is 19.4 Å². The average molecular weight is 213 g/mol. The number of H-pyrrole nitrogens is 1. The van der Waals surface area contributed by atoms with Crippen molar-refractivity contribution in [2.45, 2.75) is 6.92 Å². The maximum atomic E-state index is 4.45. The van der Waals surface area contributed by atoms with E-state index < -0.39 is 0 Å². The van der Waals surface area contributed by atoms with E-state index in [-0.39, 0.29) is 0 Å². The Balaban J connectivity index is 2.27. The Labute approximate surface area is 92.2 Å². The lowest BCUT2D eigenvalue weighted by Gasteiger charge is -1.95. The number of hydrogen-bond donors (Lipinski definition) is 1. The Kier molecular flexibility index (Phi) is 1.80. The van der Waals surface area contributed by atoms with Crippen LogP contribution in [0.4, 0.5) is 0 Å². The Bertz CT molecular complexity index is 649. The van der Waals surface area contributed by atoms with Gasteiger partial charge in [0.1, 0.15) is 5.69 Å². The molecule has 0 spiro atoms. The van der Waals surface area contributed by atoms with Crippen molar-refractivity contribution >= 4 is 11.2 Å². The number of fused-ring (bicyclic) bond motifs is 1. The van der Waals surface area contributed by atoms with Gasteiger partial charge in [-0.15, -0.1) is 0 Å². The summed E-state index contributed by atoms with van der Waals surface area (Å²) in [5.41, 5.74) is 3.83. The largest absolute Gasteiger partial charge is 0.335 e. The molecule has 0 bridgehead atoms. The summed E-state index contributed by atoms with van der Waals surface area (Å²) < 4.78 is 1.78. The second kappa shape index (κ2) is 3.16. The zero-order chi connectivity index (χ0) is 11.1. The molecule has 3 heterocycles. The van der Waals surface area contributed by atoms with Crippen molar-refractivity contribution < 1.29 is 0 Å². The lowest BCUT2D eigenvalue weighted by atomic mass is 10.3. The molecule has 0 amide bonds. The first-order valence-electron chi connectivity index (χ1n) is 5.05. The lowest BCUT2D eigenvalue weighted by Crippen LogP contribution is -1.94. The molecule has 80 valence electrons. The van der Waals surface area contributed by atoms with Gasteiger partial charge in [-0.3, -0.25) is 4.68 Å². The minimum Gasteiger partial charge on any atom is -0.335 e. The number of aromatic amines is 1. The standard InChI is InChI=1S/C11H11N5/c1-7-3-5-12-11-9(7)14-10(15-11)8-4-6-13-16(8)2/h3-6H,1-2H3,(H,12,14,15). The fraction of sp³-hybridized carbons (Fsp3) is 0.182. The molecule has 0 fully saturated rings. The van der Waals surface area contributed by atoms with Crippen molar-refractivity contribution in [3.05, 3.63) is 30.1 Å². The van der Waals surface area contributed by atoms with E-state index >= 15 is 0 Å². The summed E-state index contributed by atoms with van der Waals surface area (Å²) in [7, 11) is 1.89. The number of aryl methyl sites for hydroxylation is 2. The van der Waals surface area contributed by atoms with E-state index in [1.165, 1.54) is 0 Å². The number of hydrogen-bond acceptors (Lipinski definition) is 3. The Morgan fingerprint density at radius 2 is 2.12 bits per heavy atom. The zero-order valence-corrected chi connectivity index (χ0v) is 9.10. The van der Waals surface area contributed by atoms with Gasteiger partial charge in [-0.25, -0.2) is 9.97 Å². The molecule has 0 atom stereocenters. The molecular formula is C11H11N5. The number of pyridine rings is 1. The average Bonchev–Trinajstić information content (AvgIpc) is 2.84. The minimum absolute atomic E-state index is 0.746. The number of imidazole rings is 1. The molecule has 3 rings (SSSR count). The first-order valence-corrected chi connectivity index (χ1v) is 5.05. The van der Waals surface area contributed by atoms with Gasteiger partial charge in [-0.2, -0.15) is 5.10 Å². The van der Waals surface area contributed by atoms with Gasteiger partial charge in [-0.1, -0.05) is 0 Å². The van der Waals surface area contributed by atoms with Crippen LogP contribution in [0.2, 0.25) is 0 Å². The molecule has 0 aliphatic heterocycles.